The van der Waals surface area contributed by atoms with Crippen molar-refractivity contribution in [3.63, 3.8) is 0 Å². The number of likely N-dealkylation sites (N-methyl/N-ethyl adjacent to an activating group) is 1. The number of aliphatic hydroxyl groups excluding tert-OH is 1. The summed E-state index contributed by atoms with van der Waals surface area (Å²) in [7, 11) is 1.20. The summed E-state index contributed by atoms with van der Waals surface area (Å²) in [6.07, 6.45) is 65.5. The van der Waals surface area contributed by atoms with E-state index in [1.54, 1.807) is 6.08 Å². The Morgan fingerprint density at radius 1 is 0.571 bits per heavy atom. The summed E-state index contributed by atoms with van der Waals surface area (Å²) in [6, 6.07) is -0.925. The molecule has 0 bridgehead atoms. The Kier molecular flexibility index (Phi) is 41.9. The Bertz CT molecular complexity index is 1430. The molecule has 0 aromatic carbocycles. The number of phosphoric ester groups is 1. The number of carbonyl (C=O) groups excluding carboxylic acids is 1. The average molecular weight is 895 g/mol. The quantitative estimate of drug-likeness (QED) is 0.0273. The number of phosphoric acid groups is 1. The molecule has 8 nitrogen and oxygen atoms in total. The van der Waals surface area contributed by atoms with Crippen molar-refractivity contribution < 1.29 is 32.9 Å². The molecule has 0 spiro atoms. The average Bonchev–Trinajstić information content (AvgIpc) is 3.24. The van der Waals surface area contributed by atoms with Gasteiger partial charge >= 0.3 is 0 Å². The van der Waals surface area contributed by atoms with Crippen LogP contribution in [0.5, 0.6) is 0 Å². The van der Waals surface area contributed by atoms with Crippen LogP contribution in [0.1, 0.15) is 162 Å². The van der Waals surface area contributed by atoms with Gasteiger partial charge < -0.3 is 28.8 Å². The van der Waals surface area contributed by atoms with E-state index in [0.717, 1.165) is 83.5 Å². The Morgan fingerprint density at radius 2 is 0.968 bits per heavy atom. The predicted molar refractivity (Wildman–Crippen MR) is 269 cm³/mol. The smallest absolute Gasteiger partial charge is 0.268 e. The lowest BCUT2D eigenvalue weighted by Gasteiger charge is -2.29. The van der Waals surface area contributed by atoms with Crippen molar-refractivity contribution in [2.75, 3.05) is 40.9 Å². The van der Waals surface area contributed by atoms with E-state index in [-0.39, 0.29) is 18.9 Å². The number of carbonyl (C=O) groups is 1. The lowest BCUT2D eigenvalue weighted by molar-refractivity contribution is -0.870. The fourth-order valence-corrected chi connectivity index (χ4v) is 6.82. The third kappa shape index (κ3) is 46.7. The molecule has 358 valence electrons. The molecule has 0 rings (SSSR count). The Labute approximate surface area is 386 Å². The number of nitrogens with zero attached hydrogens (tertiary/aromatic N) is 1. The van der Waals surface area contributed by atoms with Crippen LogP contribution in [0.25, 0.3) is 0 Å². The minimum Gasteiger partial charge on any atom is -0.756 e. The fraction of sp³-hybridized carbons (Fsp3) is 0.611. The van der Waals surface area contributed by atoms with Gasteiger partial charge in [0.15, 0.2) is 0 Å². The van der Waals surface area contributed by atoms with Crippen LogP contribution in [0.3, 0.4) is 0 Å². The van der Waals surface area contributed by atoms with Crippen LogP contribution in [-0.4, -0.2) is 68.5 Å². The number of hydrogen-bond acceptors (Lipinski definition) is 6. The molecule has 0 aliphatic carbocycles. The van der Waals surface area contributed by atoms with Gasteiger partial charge in [-0.15, -0.1) is 0 Å². The molecule has 2 N–H and O–H groups in total. The first-order valence-corrected chi connectivity index (χ1v) is 25.9. The van der Waals surface area contributed by atoms with Crippen molar-refractivity contribution >= 4 is 13.7 Å². The highest BCUT2D eigenvalue weighted by Gasteiger charge is 2.23. The first-order chi connectivity index (χ1) is 30.5. The maximum atomic E-state index is 12.9. The van der Waals surface area contributed by atoms with Crippen LogP contribution < -0.4 is 10.2 Å². The van der Waals surface area contributed by atoms with E-state index in [4.69, 9.17) is 9.05 Å². The van der Waals surface area contributed by atoms with Crippen molar-refractivity contribution in [3.05, 3.63) is 122 Å². The summed E-state index contributed by atoms with van der Waals surface area (Å²) >= 11 is 0. The fourth-order valence-electron chi connectivity index (χ4n) is 6.09. The molecular formula is C54H91N2O6P. The number of hydrogen-bond donors (Lipinski definition) is 2. The molecule has 0 fully saturated rings. The molecule has 0 heterocycles. The van der Waals surface area contributed by atoms with Crippen LogP contribution in [0.15, 0.2) is 122 Å². The monoisotopic (exact) mass is 895 g/mol. The molecule has 3 unspecified atom stereocenters. The predicted octanol–water partition coefficient (Wildman–Crippen LogP) is 13.6. The van der Waals surface area contributed by atoms with E-state index in [1.807, 2.05) is 27.2 Å². The Balaban J connectivity index is 4.42. The standard InChI is InChI=1S/C54H91N2O6P/c1-6-8-10-12-14-16-18-20-21-22-23-24-25-26-27-28-29-30-31-32-33-34-35-36-38-40-42-44-46-48-54(58)55-52(51-62-63(59,60)61-50-49-56(3,4)5)53(57)47-45-43-41-39-37-19-17-15-13-11-9-7-2/h8,10,14,16,20-21,23-24,26-27,29-30,32-33,35-36,40,42,45,47,52-53,57H,6-7,9,11-13,15,17-19,22,25,28,31,34,37-39,41,43-44,46,48-51H2,1-5H3,(H-,55,58,59,60)/b10-8-,16-14-,21-20-,24-23-,27-26-,30-29-,33-32-,36-35-,42-40-,47-45+. The minimum absolute atomic E-state index is 0.0191. The van der Waals surface area contributed by atoms with Crippen molar-refractivity contribution in [1.82, 2.24) is 5.32 Å². The maximum absolute atomic E-state index is 12.9. The molecule has 63 heavy (non-hydrogen) atoms. The number of quaternary nitrogens is 1. The van der Waals surface area contributed by atoms with E-state index in [1.165, 1.54) is 51.4 Å². The van der Waals surface area contributed by atoms with Gasteiger partial charge in [-0.1, -0.05) is 193 Å². The van der Waals surface area contributed by atoms with E-state index in [2.05, 4.69) is 129 Å². The second kappa shape index (κ2) is 44.1. The summed E-state index contributed by atoms with van der Waals surface area (Å²) in [6.45, 7) is 4.45. The lowest BCUT2D eigenvalue weighted by atomic mass is 10.1. The number of rotatable bonds is 42. The van der Waals surface area contributed by atoms with E-state index < -0.39 is 26.6 Å². The third-order valence-electron chi connectivity index (χ3n) is 9.93. The second-order valence-electron chi connectivity index (χ2n) is 17.1. The van der Waals surface area contributed by atoms with E-state index in [0.29, 0.717) is 17.4 Å². The molecular weight excluding hydrogens is 804 g/mol. The van der Waals surface area contributed by atoms with Crippen molar-refractivity contribution in [2.45, 2.75) is 174 Å². The van der Waals surface area contributed by atoms with Crippen LogP contribution in [0.2, 0.25) is 0 Å². The van der Waals surface area contributed by atoms with Crippen LogP contribution in [0, 0.1) is 0 Å². The van der Waals surface area contributed by atoms with Gasteiger partial charge in [0.25, 0.3) is 7.82 Å². The minimum atomic E-state index is -4.61. The third-order valence-corrected chi connectivity index (χ3v) is 10.9. The van der Waals surface area contributed by atoms with Gasteiger partial charge in [-0.3, -0.25) is 9.36 Å². The second-order valence-corrected chi connectivity index (χ2v) is 18.5. The zero-order valence-corrected chi connectivity index (χ0v) is 41.4. The van der Waals surface area contributed by atoms with Crippen molar-refractivity contribution in [2.24, 2.45) is 0 Å². The first-order valence-electron chi connectivity index (χ1n) is 24.4. The summed E-state index contributed by atoms with van der Waals surface area (Å²) in [4.78, 5) is 25.3. The van der Waals surface area contributed by atoms with Gasteiger partial charge in [0, 0.05) is 6.42 Å². The molecule has 0 aliphatic rings. The summed E-state index contributed by atoms with van der Waals surface area (Å²) in [5.41, 5.74) is 0. The van der Waals surface area contributed by atoms with Crippen molar-refractivity contribution in [3.8, 4) is 0 Å². The lowest BCUT2D eigenvalue weighted by Crippen LogP contribution is -2.45. The molecule has 0 saturated carbocycles. The molecule has 1 amide bonds. The molecule has 0 radical (unpaired) electrons. The molecule has 3 atom stereocenters. The first kappa shape index (κ1) is 59.9. The highest BCUT2D eigenvalue weighted by molar-refractivity contribution is 7.45. The molecule has 0 aliphatic heterocycles. The van der Waals surface area contributed by atoms with Gasteiger partial charge in [0.2, 0.25) is 5.91 Å². The highest BCUT2D eigenvalue weighted by Crippen LogP contribution is 2.38. The summed E-state index contributed by atoms with van der Waals surface area (Å²) in [5.74, 6) is -0.262. The molecule has 9 heteroatoms. The highest BCUT2D eigenvalue weighted by atomic mass is 31.2. The van der Waals surface area contributed by atoms with Gasteiger partial charge in [0.05, 0.1) is 39.9 Å². The zero-order chi connectivity index (χ0) is 46.4. The zero-order valence-electron chi connectivity index (χ0n) is 40.5. The number of nitrogens with one attached hydrogen (secondary N) is 1. The van der Waals surface area contributed by atoms with Gasteiger partial charge in [0.1, 0.15) is 13.2 Å². The van der Waals surface area contributed by atoms with Crippen LogP contribution in [-0.2, 0) is 18.4 Å². The molecule has 0 saturated heterocycles. The van der Waals surface area contributed by atoms with Crippen molar-refractivity contribution in [1.29, 1.82) is 0 Å². The van der Waals surface area contributed by atoms with Gasteiger partial charge in [-0.2, -0.15) is 0 Å². The number of unbranched alkanes of at least 4 members (excludes halogenated alkanes) is 11. The Hall–Kier alpha value is -3.10. The SMILES string of the molecule is CC/C=C\C/C=C\C/C=C\C/C=C\C/C=C\C/C=C\C/C=C\C/C=C\C/C=C\CCCC(=O)NC(COP(=O)([O-])OCC[N+](C)(C)C)C(O)/C=C/CCCCCCCCCCCC. The largest absolute Gasteiger partial charge is 0.756 e. The summed E-state index contributed by atoms with van der Waals surface area (Å²) < 4.78 is 23.2. The van der Waals surface area contributed by atoms with Crippen LogP contribution >= 0.6 is 7.82 Å². The van der Waals surface area contributed by atoms with E-state index >= 15 is 0 Å². The van der Waals surface area contributed by atoms with Gasteiger partial charge in [-0.25, -0.2) is 0 Å². The molecule has 0 aromatic heterocycles. The normalized spacial score (nSPS) is 15.2. The number of allylic oxidation sites excluding steroid dienone is 19. The maximum Gasteiger partial charge on any atom is 0.268 e. The number of aliphatic hydroxyl groups is 1. The number of amides is 1. The topological polar surface area (TPSA) is 108 Å². The van der Waals surface area contributed by atoms with E-state index in [9.17, 15) is 19.4 Å². The van der Waals surface area contributed by atoms with Crippen LogP contribution in [0.4, 0.5) is 0 Å². The molecule has 0 aromatic rings. The Morgan fingerprint density at radius 3 is 1.40 bits per heavy atom. The summed E-state index contributed by atoms with van der Waals surface area (Å²) in [5, 5.41) is 13.7. The van der Waals surface area contributed by atoms with Gasteiger partial charge in [-0.05, 0) is 83.5 Å².